The molecule has 0 saturated carbocycles. The van der Waals surface area contributed by atoms with Crippen molar-refractivity contribution in [1.82, 2.24) is 15.2 Å². The number of rotatable bonds is 4. The van der Waals surface area contributed by atoms with Crippen molar-refractivity contribution in [2.45, 2.75) is 19.4 Å². The number of anilines is 1. The minimum Gasteiger partial charge on any atom is -0.487 e. The predicted molar refractivity (Wildman–Crippen MR) is 122 cm³/mol. The standard InChI is InChI=1S/C25H23FN4O3/c1-14(31)30-12-19(13-30)33-18-5-2-15(3-6-18)21-11-22(24(27)29-23(21)26)16-4-7-20-17(10-16)8-9-28-25(20)32/h2-7,10-11,19H,8-9,12-13H2,1H3,(H2,27,29)(H,28,32). The summed E-state index contributed by atoms with van der Waals surface area (Å²) >= 11 is 0. The van der Waals surface area contributed by atoms with Gasteiger partial charge in [-0.3, -0.25) is 9.59 Å². The Morgan fingerprint density at radius 2 is 1.82 bits per heavy atom. The summed E-state index contributed by atoms with van der Waals surface area (Å²) in [7, 11) is 0. The Hall–Kier alpha value is -3.94. The lowest BCUT2D eigenvalue weighted by Gasteiger charge is -2.38. The van der Waals surface area contributed by atoms with E-state index in [0.717, 1.165) is 17.5 Å². The van der Waals surface area contributed by atoms with E-state index in [1.165, 1.54) is 6.92 Å². The fraction of sp³-hybridized carbons (Fsp3) is 0.240. The van der Waals surface area contributed by atoms with Crippen LogP contribution in [0.4, 0.5) is 10.2 Å². The third-order valence-corrected chi connectivity index (χ3v) is 6.11. The van der Waals surface area contributed by atoms with Gasteiger partial charge >= 0.3 is 0 Å². The number of nitrogens with zero attached hydrogens (tertiary/aromatic N) is 2. The minimum atomic E-state index is -0.654. The van der Waals surface area contributed by atoms with E-state index in [2.05, 4.69) is 10.3 Å². The number of halogens is 1. The van der Waals surface area contributed by atoms with E-state index in [1.54, 1.807) is 47.4 Å². The molecule has 168 valence electrons. The Bertz CT molecular complexity index is 1250. The summed E-state index contributed by atoms with van der Waals surface area (Å²) in [6.45, 7) is 3.26. The summed E-state index contributed by atoms with van der Waals surface area (Å²) in [4.78, 5) is 29.0. The van der Waals surface area contributed by atoms with E-state index in [0.29, 0.717) is 47.6 Å². The van der Waals surface area contributed by atoms with Gasteiger partial charge in [-0.25, -0.2) is 4.98 Å². The van der Waals surface area contributed by atoms with E-state index < -0.39 is 5.95 Å². The smallest absolute Gasteiger partial charge is 0.251 e. The second-order valence-corrected chi connectivity index (χ2v) is 8.33. The Balaban J connectivity index is 1.40. The summed E-state index contributed by atoms with van der Waals surface area (Å²) in [5.41, 5.74) is 10.0. The number of fused-ring (bicyclic) bond motifs is 1. The highest BCUT2D eigenvalue weighted by molar-refractivity contribution is 5.97. The van der Waals surface area contributed by atoms with Crippen LogP contribution in [0.25, 0.3) is 22.3 Å². The lowest BCUT2D eigenvalue weighted by molar-refractivity contribution is -0.137. The number of pyridine rings is 1. The van der Waals surface area contributed by atoms with Gasteiger partial charge in [0.05, 0.1) is 13.1 Å². The van der Waals surface area contributed by atoms with Crippen molar-refractivity contribution >= 4 is 17.6 Å². The second kappa shape index (κ2) is 8.20. The number of nitrogens with two attached hydrogens (primary N) is 1. The summed E-state index contributed by atoms with van der Waals surface area (Å²) in [5, 5.41) is 2.82. The van der Waals surface area contributed by atoms with Gasteiger partial charge in [-0.1, -0.05) is 24.3 Å². The van der Waals surface area contributed by atoms with Crippen LogP contribution in [0.3, 0.4) is 0 Å². The molecule has 33 heavy (non-hydrogen) atoms. The first-order valence-electron chi connectivity index (χ1n) is 10.8. The maximum absolute atomic E-state index is 14.7. The molecule has 2 amide bonds. The van der Waals surface area contributed by atoms with Crippen LogP contribution in [0.2, 0.25) is 0 Å². The van der Waals surface area contributed by atoms with Crippen LogP contribution in [0, 0.1) is 5.95 Å². The van der Waals surface area contributed by atoms with Crippen molar-refractivity contribution in [3.05, 3.63) is 65.6 Å². The van der Waals surface area contributed by atoms with Crippen LogP contribution in [-0.2, 0) is 11.2 Å². The number of amides is 2. The predicted octanol–water partition coefficient (Wildman–Crippen LogP) is 3.03. The maximum atomic E-state index is 14.7. The van der Waals surface area contributed by atoms with Crippen molar-refractivity contribution in [2.75, 3.05) is 25.4 Å². The number of carbonyl (C=O) groups is 2. The van der Waals surface area contributed by atoms with Crippen LogP contribution in [0.5, 0.6) is 5.75 Å². The Kier molecular flexibility index (Phi) is 5.20. The van der Waals surface area contributed by atoms with E-state index >= 15 is 0 Å². The van der Waals surface area contributed by atoms with E-state index in [-0.39, 0.29) is 23.7 Å². The Morgan fingerprint density at radius 3 is 2.55 bits per heavy atom. The Labute approximate surface area is 190 Å². The summed E-state index contributed by atoms with van der Waals surface area (Å²) < 4.78 is 20.6. The third kappa shape index (κ3) is 4.00. The number of benzene rings is 2. The number of hydrogen-bond acceptors (Lipinski definition) is 5. The molecule has 2 aliphatic heterocycles. The van der Waals surface area contributed by atoms with Crippen LogP contribution in [0.15, 0.2) is 48.5 Å². The lowest BCUT2D eigenvalue weighted by atomic mass is 9.94. The molecule has 8 heteroatoms. The molecule has 2 aliphatic rings. The molecular formula is C25H23FN4O3. The fourth-order valence-corrected chi connectivity index (χ4v) is 4.21. The molecule has 1 fully saturated rings. The van der Waals surface area contributed by atoms with E-state index in [1.807, 2.05) is 6.07 Å². The monoisotopic (exact) mass is 446 g/mol. The molecule has 0 atom stereocenters. The molecule has 1 saturated heterocycles. The zero-order valence-corrected chi connectivity index (χ0v) is 18.1. The first-order chi connectivity index (χ1) is 15.9. The number of likely N-dealkylation sites (tertiary alicyclic amines) is 1. The van der Waals surface area contributed by atoms with Crippen LogP contribution in [-0.4, -0.2) is 47.4 Å². The van der Waals surface area contributed by atoms with E-state index in [4.69, 9.17) is 10.5 Å². The largest absolute Gasteiger partial charge is 0.487 e. The van der Waals surface area contributed by atoms with Crippen LogP contribution < -0.4 is 15.8 Å². The molecule has 1 aromatic heterocycles. The average molecular weight is 446 g/mol. The normalized spacial score (nSPS) is 15.5. The van der Waals surface area contributed by atoms with E-state index in [9.17, 15) is 14.0 Å². The molecule has 0 unspecified atom stereocenters. The van der Waals surface area contributed by atoms with Crippen molar-refractivity contribution in [3.8, 4) is 28.0 Å². The van der Waals surface area contributed by atoms with Gasteiger partial charge in [0.15, 0.2) is 0 Å². The zero-order chi connectivity index (χ0) is 23.1. The summed E-state index contributed by atoms with van der Waals surface area (Å²) in [6.07, 6.45) is 0.690. The quantitative estimate of drug-likeness (QED) is 0.601. The third-order valence-electron chi connectivity index (χ3n) is 6.11. The first-order valence-corrected chi connectivity index (χ1v) is 10.8. The van der Waals surface area contributed by atoms with Crippen LogP contribution >= 0.6 is 0 Å². The summed E-state index contributed by atoms with van der Waals surface area (Å²) in [5.74, 6) is 0.0418. The van der Waals surface area contributed by atoms with Gasteiger partial charge in [0.25, 0.3) is 5.91 Å². The van der Waals surface area contributed by atoms with Gasteiger partial charge in [0.1, 0.15) is 17.7 Å². The van der Waals surface area contributed by atoms with Crippen LogP contribution in [0.1, 0.15) is 22.8 Å². The molecule has 0 radical (unpaired) electrons. The molecule has 3 N–H and O–H groups in total. The molecule has 0 spiro atoms. The number of nitrogen functional groups attached to an aromatic ring is 1. The SMILES string of the molecule is CC(=O)N1CC(Oc2ccc(-c3cc(-c4ccc5c(c4)CCNC5=O)c(N)nc3F)cc2)C1. The number of hydrogen-bond donors (Lipinski definition) is 2. The molecule has 0 bridgehead atoms. The van der Waals surface area contributed by atoms with Crippen molar-refractivity contribution in [3.63, 3.8) is 0 Å². The number of carbonyl (C=O) groups excluding carboxylic acids is 2. The zero-order valence-electron chi connectivity index (χ0n) is 18.1. The second-order valence-electron chi connectivity index (χ2n) is 8.33. The van der Waals surface area contributed by atoms with Gasteiger partial charge in [-0.15, -0.1) is 0 Å². The average Bonchev–Trinajstić information content (AvgIpc) is 2.76. The van der Waals surface area contributed by atoms with Gasteiger partial charge in [0, 0.05) is 30.2 Å². The van der Waals surface area contributed by atoms with Gasteiger partial charge < -0.3 is 20.7 Å². The highest BCUT2D eigenvalue weighted by Gasteiger charge is 2.30. The first kappa shape index (κ1) is 20.9. The highest BCUT2D eigenvalue weighted by atomic mass is 19.1. The highest BCUT2D eigenvalue weighted by Crippen LogP contribution is 2.34. The van der Waals surface area contributed by atoms with Gasteiger partial charge in [0.2, 0.25) is 11.9 Å². The molecular weight excluding hydrogens is 423 g/mol. The number of nitrogens with one attached hydrogen (secondary N) is 1. The number of ether oxygens (including phenoxy) is 1. The molecule has 5 rings (SSSR count). The summed E-state index contributed by atoms with van der Waals surface area (Å²) in [6, 6.07) is 14.3. The Morgan fingerprint density at radius 1 is 1.09 bits per heavy atom. The molecule has 3 heterocycles. The molecule has 7 nitrogen and oxygen atoms in total. The fourth-order valence-electron chi connectivity index (χ4n) is 4.21. The van der Waals surface area contributed by atoms with Gasteiger partial charge in [-0.05, 0) is 47.4 Å². The minimum absolute atomic E-state index is 0.0348. The van der Waals surface area contributed by atoms with Crippen molar-refractivity contribution < 1.29 is 18.7 Å². The van der Waals surface area contributed by atoms with Gasteiger partial charge in [-0.2, -0.15) is 4.39 Å². The maximum Gasteiger partial charge on any atom is 0.251 e. The van der Waals surface area contributed by atoms with Crippen molar-refractivity contribution in [2.24, 2.45) is 0 Å². The number of aromatic nitrogens is 1. The molecule has 0 aliphatic carbocycles. The van der Waals surface area contributed by atoms with Crippen molar-refractivity contribution in [1.29, 1.82) is 0 Å². The lowest BCUT2D eigenvalue weighted by Crippen LogP contribution is -2.55. The molecule has 3 aromatic rings. The molecule has 2 aromatic carbocycles. The topological polar surface area (TPSA) is 97.5 Å².